The summed E-state index contributed by atoms with van der Waals surface area (Å²) in [5.41, 5.74) is 7.42. The molecule has 0 saturated carbocycles. The molecule has 0 fully saturated rings. The van der Waals surface area contributed by atoms with E-state index in [1.165, 1.54) is 6.07 Å². The molecule has 0 bridgehead atoms. The summed E-state index contributed by atoms with van der Waals surface area (Å²) < 4.78 is 0. The standard InChI is InChI=1S/C13H18N2O.C10H8O2/c1-3-4-5-12-11(7-6-10(2)14)8-9-13(16)15-12;11-9-5-6-10(12)8-4-2-1-3-7(8)9/h5-9H,3-4,14H2,1-2H3,(H,15,16);1-4H,5-6H2/b10-6+,11-7-,12-5-;. The van der Waals surface area contributed by atoms with Crippen LogP contribution in [0.5, 0.6) is 0 Å². The van der Waals surface area contributed by atoms with Gasteiger partial charge in [-0.2, -0.15) is 0 Å². The molecule has 1 aromatic carbocycles. The van der Waals surface area contributed by atoms with Crippen LogP contribution in [0.3, 0.4) is 0 Å². The van der Waals surface area contributed by atoms with Gasteiger partial charge in [-0.3, -0.25) is 14.4 Å². The lowest BCUT2D eigenvalue weighted by atomic mass is 9.90. The van der Waals surface area contributed by atoms with E-state index in [1.54, 1.807) is 30.3 Å². The van der Waals surface area contributed by atoms with Crippen LogP contribution in [0.25, 0.3) is 12.2 Å². The van der Waals surface area contributed by atoms with Crippen molar-refractivity contribution in [3.05, 3.63) is 80.2 Å². The first-order valence-corrected chi connectivity index (χ1v) is 9.41. The van der Waals surface area contributed by atoms with Crippen molar-refractivity contribution in [3.8, 4) is 0 Å². The predicted octanol–water partition coefficient (Wildman–Crippen LogP) is 2.44. The number of carbonyl (C=O) groups excluding carboxylic acids is 2. The van der Waals surface area contributed by atoms with E-state index in [2.05, 4.69) is 11.9 Å². The summed E-state index contributed by atoms with van der Waals surface area (Å²) in [6.07, 6.45) is 8.52. The number of H-pyrrole nitrogens is 1. The number of ketones is 2. The van der Waals surface area contributed by atoms with Crippen molar-refractivity contribution < 1.29 is 9.59 Å². The van der Waals surface area contributed by atoms with E-state index in [-0.39, 0.29) is 17.1 Å². The van der Waals surface area contributed by atoms with Crippen molar-refractivity contribution in [2.24, 2.45) is 5.73 Å². The number of nitrogens with two attached hydrogens (primary N) is 1. The average Bonchev–Trinajstić information content (AvgIpc) is 2.69. The van der Waals surface area contributed by atoms with Gasteiger partial charge in [0.25, 0.3) is 0 Å². The van der Waals surface area contributed by atoms with Gasteiger partial charge in [0.2, 0.25) is 5.56 Å². The van der Waals surface area contributed by atoms with E-state index >= 15 is 0 Å². The molecule has 0 radical (unpaired) electrons. The number of allylic oxidation sites excluding steroid dienone is 2. The first-order valence-electron chi connectivity index (χ1n) is 9.41. The average molecular weight is 378 g/mol. The van der Waals surface area contributed by atoms with Gasteiger partial charge in [0.15, 0.2) is 11.6 Å². The molecule has 2 aromatic rings. The number of aromatic amines is 1. The van der Waals surface area contributed by atoms with Gasteiger partial charge < -0.3 is 10.7 Å². The largest absolute Gasteiger partial charge is 0.402 e. The summed E-state index contributed by atoms with van der Waals surface area (Å²) in [7, 11) is 0. The Morgan fingerprint density at radius 2 is 1.64 bits per heavy atom. The summed E-state index contributed by atoms with van der Waals surface area (Å²) in [4.78, 5) is 36.6. The second kappa shape index (κ2) is 10.2. The number of hydrogen-bond donors (Lipinski definition) is 2. The minimum absolute atomic E-state index is 0.0760. The Balaban J connectivity index is 0.000000207. The molecule has 1 aliphatic rings. The highest BCUT2D eigenvalue weighted by Gasteiger charge is 2.22. The summed E-state index contributed by atoms with van der Waals surface area (Å²) >= 11 is 0. The first-order chi connectivity index (χ1) is 13.4. The number of Topliss-reactive ketones (excluding diaryl/α,β-unsaturated/α-hetero) is 2. The lowest BCUT2D eigenvalue weighted by Gasteiger charge is -2.11. The van der Waals surface area contributed by atoms with Gasteiger partial charge in [-0.25, -0.2) is 0 Å². The van der Waals surface area contributed by atoms with E-state index in [0.29, 0.717) is 24.0 Å². The molecule has 28 heavy (non-hydrogen) atoms. The van der Waals surface area contributed by atoms with E-state index in [0.717, 1.165) is 29.1 Å². The predicted molar refractivity (Wildman–Crippen MR) is 112 cm³/mol. The summed E-state index contributed by atoms with van der Waals surface area (Å²) in [6, 6.07) is 10.3. The minimum Gasteiger partial charge on any atom is -0.402 e. The second-order valence-corrected chi connectivity index (χ2v) is 6.65. The van der Waals surface area contributed by atoms with Crippen molar-refractivity contribution in [2.75, 3.05) is 0 Å². The van der Waals surface area contributed by atoms with E-state index in [1.807, 2.05) is 25.2 Å². The molecule has 1 aliphatic carbocycles. The highest BCUT2D eigenvalue weighted by Crippen LogP contribution is 2.20. The SMILES string of the molecule is CCC\C=c1/[nH]c(=O)cc/c1=C/C=C(\C)N.O=C1CCC(=O)c2ccccc21. The highest BCUT2D eigenvalue weighted by atomic mass is 16.1. The normalized spacial score (nSPS) is 15.1. The van der Waals surface area contributed by atoms with Gasteiger partial charge in [-0.15, -0.1) is 0 Å². The molecule has 0 aliphatic heterocycles. The van der Waals surface area contributed by atoms with Crippen molar-refractivity contribution in [1.82, 2.24) is 4.98 Å². The molecule has 0 amide bonds. The summed E-state index contributed by atoms with van der Waals surface area (Å²) in [5.74, 6) is 0.176. The zero-order valence-corrected chi connectivity index (χ0v) is 16.3. The Hall–Kier alpha value is -3.21. The molecule has 0 unspecified atom stereocenters. The summed E-state index contributed by atoms with van der Waals surface area (Å²) in [6.45, 7) is 3.93. The van der Waals surface area contributed by atoms with Gasteiger partial charge in [0, 0.05) is 41.1 Å². The smallest absolute Gasteiger partial charge is 0.248 e. The number of carbonyl (C=O) groups is 2. The maximum Gasteiger partial charge on any atom is 0.248 e. The molecule has 1 heterocycles. The molecule has 0 spiro atoms. The van der Waals surface area contributed by atoms with Gasteiger partial charge in [-0.05, 0) is 30.7 Å². The van der Waals surface area contributed by atoms with E-state index in [4.69, 9.17) is 5.73 Å². The van der Waals surface area contributed by atoms with Crippen molar-refractivity contribution >= 4 is 23.7 Å². The zero-order chi connectivity index (χ0) is 20.5. The third-order valence-corrected chi connectivity index (χ3v) is 4.25. The van der Waals surface area contributed by atoms with Crippen LogP contribution in [0.1, 0.15) is 60.2 Å². The van der Waals surface area contributed by atoms with Crippen LogP contribution in [0.4, 0.5) is 0 Å². The molecular formula is C23H26N2O3. The fraction of sp³-hybridized carbons (Fsp3) is 0.261. The lowest BCUT2D eigenvalue weighted by molar-refractivity contribution is 0.0890. The van der Waals surface area contributed by atoms with E-state index in [9.17, 15) is 14.4 Å². The molecule has 146 valence electrons. The van der Waals surface area contributed by atoms with Crippen LogP contribution in [0.15, 0.2) is 53.0 Å². The Bertz CT molecular complexity index is 1020. The highest BCUT2D eigenvalue weighted by molar-refractivity contribution is 6.13. The lowest BCUT2D eigenvalue weighted by Crippen LogP contribution is -2.33. The third kappa shape index (κ3) is 5.91. The maximum atomic E-state index is 11.3. The molecule has 0 saturated heterocycles. The fourth-order valence-electron chi connectivity index (χ4n) is 2.79. The molecule has 1 aromatic heterocycles. The van der Waals surface area contributed by atoms with Crippen LogP contribution in [-0.4, -0.2) is 16.6 Å². The molecule has 3 N–H and O–H groups in total. The molecule has 5 heteroatoms. The van der Waals surface area contributed by atoms with Gasteiger partial charge >= 0.3 is 0 Å². The Labute approximate surface area is 164 Å². The molecule has 5 nitrogen and oxygen atoms in total. The Morgan fingerprint density at radius 1 is 1.04 bits per heavy atom. The molecule has 3 rings (SSSR count). The number of fused-ring (bicyclic) bond motifs is 1. The first kappa shape index (κ1) is 21.1. The van der Waals surface area contributed by atoms with Crippen LogP contribution < -0.4 is 21.9 Å². The number of unbranched alkanes of at least 4 members (excludes halogenated alkanes) is 1. The van der Waals surface area contributed by atoms with E-state index < -0.39 is 0 Å². The number of benzene rings is 1. The van der Waals surface area contributed by atoms with Crippen LogP contribution in [-0.2, 0) is 0 Å². The second-order valence-electron chi connectivity index (χ2n) is 6.65. The summed E-state index contributed by atoms with van der Waals surface area (Å²) in [5, 5.41) is 1.85. The van der Waals surface area contributed by atoms with Crippen LogP contribution >= 0.6 is 0 Å². The number of nitrogens with one attached hydrogen (secondary N) is 1. The molecule has 0 atom stereocenters. The topological polar surface area (TPSA) is 93.0 Å². The van der Waals surface area contributed by atoms with Crippen LogP contribution in [0, 0.1) is 0 Å². The van der Waals surface area contributed by atoms with Crippen molar-refractivity contribution in [2.45, 2.75) is 39.5 Å². The van der Waals surface area contributed by atoms with Gasteiger partial charge in [-0.1, -0.05) is 49.8 Å². The molecular weight excluding hydrogens is 352 g/mol. The quantitative estimate of drug-likeness (QED) is 0.858. The third-order valence-electron chi connectivity index (χ3n) is 4.25. The van der Waals surface area contributed by atoms with Gasteiger partial charge in [0.1, 0.15) is 0 Å². The Morgan fingerprint density at radius 3 is 2.18 bits per heavy atom. The number of rotatable bonds is 3. The van der Waals surface area contributed by atoms with Crippen LogP contribution in [0.2, 0.25) is 0 Å². The Kier molecular flexibility index (Phi) is 7.69. The minimum atomic E-state index is -0.0760. The van der Waals surface area contributed by atoms with Crippen molar-refractivity contribution in [1.29, 1.82) is 0 Å². The number of pyridine rings is 1. The maximum absolute atomic E-state index is 11.3. The monoisotopic (exact) mass is 378 g/mol. The number of hydrogen-bond acceptors (Lipinski definition) is 4. The fourth-order valence-corrected chi connectivity index (χ4v) is 2.79. The number of aromatic nitrogens is 1. The van der Waals surface area contributed by atoms with Gasteiger partial charge in [0.05, 0.1) is 0 Å². The van der Waals surface area contributed by atoms with Crippen molar-refractivity contribution in [3.63, 3.8) is 0 Å². The zero-order valence-electron chi connectivity index (χ0n) is 16.3.